The quantitative estimate of drug-likeness (QED) is 0.845. The molecular formula is C14H19NO. The van der Waals surface area contributed by atoms with Crippen molar-refractivity contribution in [3.05, 3.63) is 34.9 Å². The molecule has 2 nitrogen and oxygen atoms in total. The number of benzene rings is 1. The zero-order chi connectivity index (χ0) is 12.3. The van der Waals surface area contributed by atoms with Gasteiger partial charge in [-0.1, -0.05) is 30.7 Å². The SMILES string of the molecule is CCC(C#N)C(C)(O)c1cc(C)ccc1C. The van der Waals surface area contributed by atoms with Crippen molar-refractivity contribution in [2.45, 2.75) is 39.7 Å². The fraction of sp³-hybridized carbons (Fsp3) is 0.500. The molecule has 0 heterocycles. The maximum atomic E-state index is 10.5. The van der Waals surface area contributed by atoms with Gasteiger partial charge in [0, 0.05) is 0 Å². The van der Waals surface area contributed by atoms with Crippen LogP contribution in [-0.2, 0) is 5.60 Å². The highest BCUT2D eigenvalue weighted by Gasteiger charge is 2.33. The first-order chi connectivity index (χ1) is 7.43. The Morgan fingerprint density at radius 3 is 2.56 bits per heavy atom. The average Bonchev–Trinajstić information content (AvgIpc) is 2.23. The van der Waals surface area contributed by atoms with Gasteiger partial charge in [0.05, 0.1) is 12.0 Å². The van der Waals surface area contributed by atoms with E-state index >= 15 is 0 Å². The number of aliphatic hydroxyl groups is 1. The minimum Gasteiger partial charge on any atom is -0.384 e. The molecule has 1 aromatic rings. The lowest BCUT2D eigenvalue weighted by molar-refractivity contribution is 0.0145. The summed E-state index contributed by atoms with van der Waals surface area (Å²) in [5, 5.41) is 19.6. The topological polar surface area (TPSA) is 44.0 Å². The summed E-state index contributed by atoms with van der Waals surface area (Å²) < 4.78 is 0. The van der Waals surface area contributed by atoms with E-state index in [9.17, 15) is 5.11 Å². The first kappa shape index (κ1) is 12.7. The number of rotatable bonds is 3. The van der Waals surface area contributed by atoms with Crippen LogP contribution >= 0.6 is 0 Å². The first-order valence-electron chi connectivity index (χ1n) is 5.63. The zero-order valence-corrected chi connectivity index (χ0v) is 10.4. The van der Waals surface area contributed by atoms with E-state index in [4.69, 9.17) is 5.26 Å². The molecule has 1 aromatic carbocycles. The zero-order valence-electron chi connectivity index (χ0n) is 10.4. The van der Waals surface area contributed by atoms with E-state index in [2.05, 4.69) is 6.07 Å². The Bertz CT molecular complexity index is 415. The van der Waals surface area contributed by atoms with Crippen molar-refractivity contribution in [2.75, 3.05) is 0 Å². The van der Waals surface area contributed by atoms with Crippen LogP contribution in [0.3, 0.4) is 0 Å². The number of hydrogen-bond donors (Lipinski definition) is 1. The molecule has 0 bridgehead atoms. The smallest absolute Gasteiger partial charge is 0.103 e. The summed E-state index contributed by atoms with van der Waals surface area (Å²) in [6.45, 7) is 7.61. The highest BCUT2D eigenvalue weighted by molar-refractivity contribution is 5.36. The van der Waals surface area contributed by atoms with Crippen molar-refractivity contribution >= 4 is 0 Å². The summed E-state index contributed by atoms with van der Waals surface area (Å²) in [5.41, 5.74) is 1.93. The van der Waals surface area contributed by atoms with Gasteiger partial charge in [-0.2, -0.15) is 5.26 Å². The molecule has 0 spiro atoms. The average molecular weight is 217 g/mol. The monoisotopic (exact) mass is 217 g/mol. The lowest BCUT2D eigenvalue weighted by Crippen LogP contribution is -2.31. The van der Waals surface area contributed by atoms with Crippen molar-refractivity contribution in [3.63, 3.8) is 0 Å². The van der Waals surface area contributed by atoms with E-state index in [-0.39, 0.29) is 5.92 Å². The van der Waals surface area contributed by atoms with E-state index in [0.29, 0.717) is 6.42 Å². The Morgan fingerprint density at radius 1 is 1.44 bits per heavy atom. The number of aryl methyl sites for hydroxylation is 2. The number of hydrogen-bond acceptors (Lipinski definition) is 2. The number of nitrogens with zero attached hydrogens (tertiary/aromatic N) is 1. The van der Waals surface area contributed by atoms with Crippen LogP contribution in [0.2, 0.25) is 0 Å². The van der Waals surface area contributed by atoms with Crippen LogP contribution in [0.5, 0.6) is 0 Å². The molecule has 2 atom stereocenters. The van der Waals surface area contributed by atoms with Gasteiger partial charge in [-0.15, -0.1) is 0 Å². The van der Waals surface area contributed by atoms with Gasteiger partial charge >= 0.3 is 0 Å². The molecule has 0 amide bonds. The highest BCUT2D eigenvalue weighted by Crippen LogP contribution is 2.33. The predicted molar refractivity (Wildman–Crippen MR) is 64.9 cm³/mol. The van der Waals surface area contributed by atoms with Crippen molar-refractivity contribution in [1.82, 2.24) is 0 Å². The Hall–Kier alpha value is -1.33. The van der Waals surface area contributed by atoms with Gasteiger partial charge in [-0.05, 0) is 38.3 Å². The van der Waals surface area contributed by atoms with Crippen molar-refractivity contribution < 1.29 is 5.11 Å². The van der Waals surface area contributed by atoms with Crippen LogP contribution in [0.1, 0.15) is 37.0 Å². The second kappa shape index (κ2) is 4.67. The normalized spacial score (nSPS) is 16.2. The molecule has 0 fully saturated rings. The second-order valence-corrected chi connectivity index (χ2v) is 4.56. The summed E-state index contributed by atoms with van der Waals surface area (Å²) in [7, 11) is 0. The fourth-order valence-corrected chi connectivity index (χ4v) is 2.08. The second-order valence-electron chi connectivity index (χ2n) is 4.56. The Morgan fingerprint density at radius 2 is 2.06 bits per heavy atom. The maximum absolute atomic E-state index is 10.5. The molecule has 16 heavy (non-hydrogen) atoms. The Labute approximate surface area is 97.5 Å². The van der Waals surface area contributed by atoms with Crippen molar-refractivity contribution in [3.8, 4) is 6.07 Å². The van der Waals surface area contributed by atoms with Crippen molar-refractivity contribution in [2.24, 2.45) is 5.92 Å². The third-order valence-corrected chi connectivity index (χ3v) is 3.18. The molecule has 0 aromatic heterocycles. The van der Waals surface area contributed by atoms with E-state index in [1.54, 1.807) is 6.92 Å². The fourth-order valence-electron chi connectivity index (χ4n) is 2.08. The van der Waals surface area contributed by atoms with E-state index in [1.807, 2.05) is 39.0 Å². The van der Waals surface area contributed by atoms with Gasteiger partial charge in [0.1, 0.15) is 5.60 Å². The van der Waals surface area contributed by atoms with Gasteiger partial charge in [0.15, 0.2) is 0 Å². The molecule has 1 N–H and O–H groups in total. The summed E-state index contributed by atoms with van der Waals surface area (Å²) in [4.78, 5) is 0. The predicted octanol–water partition coefficient (Wildman–Crippen LogP) is 3.06. The van der Waals surface area contributed by atoms with Gasteiger partial charge < -0.3 is 5.11 Å². The van der Waals surface area contributed by atoms with Crippen LogP contribution in [0.4, 0.5) is 0 Å². The molecule has 1 rings (SSSR count). The molecular weight excluding hydrogens is 198 g/mol. The van der Waals surface area contributed by atoms with E-state index in [1.165, 1.54) is 0 Å². The minimum absolute atomic E-state index is 0.368. The molecule has 0 radical (unpaired) electrons. The van der Waals surface area contributed by atoms with Crippen LogP contribution in [-0.4, -0.2) is 5.11 Å². The van der Waals surface area contributed by atoms with Crippen LogP contribution in [0.25, 0.3) is 0 Å². The molecule has 2 heteroatoms. The van der Waals surface area contributed by atoms with Gasteiger partial charge in [0.25, 0.3) is 0 Å². The standard InChI is InChI=1S/C14H19NO/c1-5-12(9-15)14(4,16)13-8-10(2)6-7-11(13)3/h6-8,12,16H,5H2,1-4H3. The molecule has 0 saturated heterocycles. The minimum atomic E-state index is -1.07. The third-order valence-electron chi connectivity index (χ3n) is 3.18. The summed E-state index contributed by atoms with van der Waals surface area (Å²) in [5.74, 6) is -0.368. The lowest BCUT2D eigenvalue weighted by Gasteiger charge is -2.30. The third kappa shape index (κ3) is 2.25. The molecule has 0 aliphatic rings. The van der Waals surface area contributed by atoms with E-state index < -0.39 is 5.60 Å². The summed E-state index contributed by atoms with van der Waals surface area (Å²) in [6, 6.07) is 8.16. The molecule has 0 saturated carbocycles. The highest BCUT2D eigenvalue weighted by atomic mass is 16.3. The number of nitriles is 1. The van der Waals surface area contributed by atoms with Gasteiger partial charge in [-0.25, -0.2) is 0 Å². The van der Waals surface area contributed by atoms with Gasteiger partial charge in [-0.3, -0.25) is 0 Å². The van der Waals surface area contributed by atoms with Crippen LogP contribution in [0, 0.1) is 31.1 Å². The molecule has 0 aliphatic carbocycles. The lowest BCUT2D eigenvalue weighted by atomic mass is 9.80. The van der Waals surface area contributed by atoms with Gasteiger partial charge in [0.2, 0.25) is 0 Å². The summed E-state index contributed by atoms with van der Waals surface area (Å²) >= 11 is 0. The van der Waals surface area contributed by atoms with Crippen LogP contribution < -0.4 is 0 Å². The molecule has 86 valence electrons. The first-order valence-corrected chi connectivity index (χ1v) is 5.63. The maximum Gasteiger partial charge on any atom is 0.103 e. The Kier molecular flexibility index (Phi) is 3.72. The van der Waals surface area contributed by atoms with E-state index in [0.717, 1.165) is 16.7 Å². The molecule has 0 aliphatic heterocycles. The summed E-state index contributed by atoms with van der Waals surface area (Å²) in [6.07, 6.45) is 0.650. The van der Waals surface area contributed by atoms with Crippen molar-refractivity contribution in [1.29, 1.82) is 5.26 Å². The molecule has 2 unspecified atom stereocenters. The Balaban J connectivity index is 3.26. The van der Waals surface area contributed by atoms with Crippen LogP contribution in [0.15, 0.2) is 18.2 Å². The largest absolute Gasteiger partial charge is 0.384 e.